The van der Waals surface area contributed by atoms with E-state index in [2.05, 4.69) is 48.1 Å². The Morgan fingerprint density at radius 2 is 1.97 bits per heavy atom. The van der Waals surface area contributed by atoms with E-state index >= 15 is 0 Å². The number of aliphatic hydroxyl groups is 1. The number of carbonyl (C=O) groups excluding carboxylic acids is 3. The molecule has 1 spiro atoms. The van der Waals surface area contributed by atoms with Gasteiger partial charge in [0, 0.05) is 30.5 Å². The van der Waals surface area contributed by atoms with Gasteiger partial charge in [0.1, 0.15) is 6.04 Å². The van der Waals surface area contributed by atoms with E-state index in [1.807, 2.05) is 4.90 Å². The molecule has 3 saturated heterocycles. The standard InChI is InChI=1S/C27H44N2O5S/c1-9-12-29(26(7,8)16-25(4,5)6)23(32)21-27-17(3)15-18(35-27)19(24(33)34-10-2)20(27)22(31)28(21)13-11-14-30/h9,17-21,30H,1,10-16H2,2-8H3/t17?,18-,19+,20-,21?,27?/m0/s1. The van der Waals surface area contributed by atoms with Crippen LogP contribution in [0.25, 0.3) is 0 Å². The number of rotatable bonds is 10. The van der Waals surface area contributed by atoms with Crippen LogP contribution in [-0.4, -0.2) is 80.6 Å². The van der Waals surface area contributed by atoms with Crippen molar-refractivity contribution in [2.45, 2.75) is 89.3 Å². The molecule has 3 heterocycles. The average Bonchev–Trinajstić information content (AvgIpc) is 3.32. The number of carbonyl (C=O) groups is 3. The van der Waals surface area contributed by atoms with Crippen LogP contribution in [-0.2, 0) is 19.1 Å². The fourth-order valence-electron chi connectivity index (χ4n) is 7.09. The normalized spacial score (nSPS) is 32.1. The quantitative estimate of drug-likeness (QED) is 0.359. The van der Waals surface area contributed by atoms with Gasteiger partial charge in [-0.15, -0.1) is 18.3 Å². The minimum absolute atomic E-state index is 0.00501. The van der Waals surface area contributed by atoms with Crippen molar-refractivity contribution in [1.29, 1.82) is 0 Å². The van der Waals surface area contributed by atoms with Crippen LogP contribution in [0.1, 0.15) is 67.7 Å². The Labute approximate surface area is 215 Å². The van der Waals surface area contributed by atoms with E-state index in [1.54, 1.807) is 29.7 Å². The zero-order chi connectivity index (χ0) is 26.3. The SMILES string of the molecule is C=CCN(C(=O)C1N(CCCO)C(=O)[C@@H]2[C@H](C(=O)OCC)[C@@H]3CC(C)C12S3)C(C)(C)CC(C)(C)C. The van der Waals surface area contributed by atoms with Crippen LogP contribution >= 0.6 is 11.8 Å². The summed E-state index contributed by atoms with van der Waals surface area (Å²) in [6.07, 6.45) is 3.70. The molecular weight excluding hydrogens is 464 g/mol. The molecule has 0 aromatic carbocycles. The third-order valence-electron chi connectivity index (χ3n) is 7.87. The molecule has 6 atom stereocenters. The number of thioether (sulfide) groups is 1. The van der Waals surface area contributed by atoms with Gasteiger partial charge in [-0.05, 0) is 51.4 Å². The Bertz CT molecular complexity index is 853. The fourth-order valence-corrected chi connectivity index (χ4v) is 9.50. The number of fused-ring (bicyclic) bond motifs is 1. The van der Waals surface area contributed by atoms with E-state index < -0.39 is 28.2 Å². The highest BCUT2D eigenvalue weighted by Crippen LogP contribution is 2.69. The summed E-state index contributed by atoms with van der Waals surface area (Å²) >= 11 is 1.66. The minimum atomic E-state index is -0.685. The lowest BCUT2D eigenvalue weighted by molar-refractivity contribution is -0.154. The second kappa shape index (κ2) is 10.1. The van der Waals surface area contributed by atoms with E-state index in [9.17, 15) is 19.5 Å². The molecule has 0 radical (unpaired) electrons. The number of aliphatic hydroxyl groups excluding tert-OH is 1. The van der Waals surface area contributed by atoms with Crippen LogP contribution in [0.15, 0.2) is 12.7 Å². The van der Waals surface area contributed by atoms with Crippen LogP contribution in [0.2, 0.25) is 0 Å². The van der Waals surface area contributed by atoms with Crippen molar-refractivity contribution in [3.8, 4) is 0 Å². The summed E-state index contributed by atoms with van der Waals surface area (Å²) in [5.41, 5.74) is -0.468. The number of esters is 1. The Morgan fingerprint density at radius 1 is 1.31 bits per heavy atom. The van der Waals surface area contributed by atoms with Crippen molar-refractivity contribution in [2.24, 2.45) is 23.2 Å². The van der Waals surface area contributed by atoms with Crippen molar-refractivity contribution >= 4 is 29.5 Å². The molecule has 198 valence electrons. The number of hydrogen-bond acceptors (Lipinski definition) is 6. The van der Waals surface area contributed by atoms with Gasteiger partial charge in [0.2, 0.25) is 11.8 Å². The molecule has 2 bridgehead atoms. The molecule has 2 amide bonds. The summed E-state index contributed by atoms with van der Waals surface area (Å²) in [6, 6.07) is -0.685. The van der Waals surface area contributed by atoms with Crippen molar-refractivity contribution in [1.82, 2.24) is 9.80 Å². The molecule has 0 aliphatic carbocycles. The lowest BCUT2D eigenvalue weighted by Gasteiger charge is -2.46. The predicted molar refractivity (Wildman–Crippen MR) is 139 cm³/mol. The van der Waals surface area contributed by atoms with E-state index in [0.29, 0.717) is 19.5 Å². The van der Waals surface area contributed by atoms with Crippen LogP contribution in [0.4, 0.5) is 0 Å². The van der Waals surface area contributed by atoms with Crippen LogP contribution < -0.4 is 0 Å². The Morgan fingerprint density at radius 3 is 2.51 bits per heavy atom. The van der Waals surface area contributed by atoms with E-state index in [1.165, 1.54) is 0 Å². The second-order valence-corrected chi connectivity index (χ2v) is 13.7. The fraction of sp³-hybridized carbons (Fsp3) is 0.815. The van der Waals surface area contributed by atoms with Gasteiger partial charge < -0.3 is 19.6 Å². The first kappa shape index (κ1) is 28.0. The molecule has 8 heteroatoms. The van der Waals surface area contributed by atoms with Crippen molar-refractivity contribution in [2.75, 3.05) is 26.3 Å². The maximum absolute atomic E-state index is 14.6. The molecule has 3 unspecified atom stereocenters. The summed E-state index contributed by atoms with van der Waals surface area (Å²) in [7, 11) is 0. The zero-order valence-corrected chi connectivity index (χ0v) is 23.3. The maximum atomic E-state index is 14.6. The van der Waals surface area contributed by atoms with Gasteiger partial charge in [-0.2, -0.15) is 0 Å². The third kappa shape index (κ3) is 4.77. The largest absolute Gasteiger partial charge is 0.466 e. The molecule has 3 aliphatic heterocycles. The summed E-state index contributed by atoms with van der Waals surface area (Å²) in [5.74, 6) is -1.58. The third-order valence-corrected chi connectivity index (χ3v) is 9.94. The van der Waals surface area contributed by atoms with Gasteiger partial charge in [0.05, 0.1) is 23.2 Å². The molecule has 3 aliphatic rings. The Hall–Kier alpha value is -1.54. The van der Waals surface area contributed by atoms with Crippen LogP contribution in [0.3, 0.4) is 0 Å². The van der Waals surface area contributed by atoms with Crippen molar-refractivity contribution < 1.29 is 24.2 Å². The lowest BCUT2D eigenvalue weighted by atomic mass is 9.66. The molecular formula is C27H44N2O5S. The molecule has 35 heavy (non-hydrogen) atoms. The summed E-state index contributed by atoms with van der Waals surface area (Å²) in [5, 5.41) is 9.53. The van der Waals surface area contributed by atoms with Gasteiger partial charge in [0.15, 0.2) is 0 Å². The topological polar surface area (TPSA) is 87.2 Å². The van der Waals surface area contributed by atoms with Crippen molar-refractivity contribution in [3.05, 3.63) is 12.7 Å². The number of ether oxygens (including phenoxy) is 1. The van der Waals surface area contributed by atoms with Gasteiger partial charge in [-0.3, -0.25) is 14.4 Å². The molecule has 7 nitrogen and oxygen atoms in total. The molecule has 3 rings (SSSR count). The van der Waals surface area contributed by atoms with E-state index in [-0.39, 0.29) is 47.6 Å². The van der Waals surface area contributed by atoms with E-state index in [0.717, 1.165) is 12.8 Å². The Kier molecular flexibility index (Phi) is 8.07. The summed E-state index contributed by atoms with van der Waals surface area (Å²) in [6.45, 7) is 19.3. The predicted octanol–water partition coefficient (Wildman–Crippen LogP) is 3.50. The first-order chi connectivity index (χ1) is 16.3. The number of amides is 2. The zero-order valence-electron chi connectivity index (χ0n) is 22.5. The van der Waals surface area contributed by atoms with Gasteiger partial charge in [-0.1, -0.05) is 33.8 Å². The lowest BCUT2D eigenvalue weighted by Crippen LogP contribution is -2.61. The molecule has 0 aromatic heterocycles. The van der Waals surface area contributed by atoms with Crippen LogP contribution in [0, 0.1) is 23.2 Å². The van der Waals surface area contributed by atoms with Gasteiger partial charge in [0.25, 0.3) is 0 Å². The number of hydrogen-bond donors (Lipinski definition) is 1. The van der Waals surface area contributed by atoms with Gasteiger partial charge in [-0.25, -0.2) is 0 Å². The summed E-state index contributed by atoms with van der Waals surface area (Å²) in [4.78, 5) is 45.1. The van der Waals surface area contributed by atoms with E-state index in [4.69, 9.17) is 4.74 Å². The first-order valence-corrected chi connectivity index (χ1v) is 13.8. The molecule has 3 fully saturated rings. The highest BCUT2D eigenvalue weighted by atomic mass is 32.2. The second-order valence-electron chi connectivity index (χ2n) is 12.2. The van der Waals surface area contributed by atoms with Gasteiger partial charge >= 0.3 is 5.97 Å². The number of nitrogens with zero attached hydrogens (tertiary/aromatic N) is 2. The molecule has 1 N–H and O–H groups in total. The average molecular weight is 509 g/mol. The van der Waals surface area contributed by atoms with Crippen LogP contribution in [0.5, 0.6) is 0 Å². The first-order valence-electron chi connectivity index (χ1n) is 12.9. The monoisotopic (exact) mass is 508 g/mol. The summed E-state index contributed by atoms with van der Waals surface area (Å²) < 4.78 is 4.72. The highest BCUT2D eigenvalue weighted by molar-refractivity contribution is 8.02. The van der Waals surface area contributed by atoms with Crippen molar-refractivity contribution in [3.63, 3.8) is 0 Å². The smallest absolute Gasteiger partial charge is 0.310 e. The molecule has 0 saturated carbocycles. The highest BCUT2D eigenvalue weighted by Gasteiger charge is 2.76. The minimum Gasteiger partial charge on any atom is -0.466 e. The maximum Gasteiger partial charge on any atom is 0.310 e. The molecule has 0 aromatic rings. The Balaban J connectivity index is 2.10. The number of likely N-dealkylation sites (tertiary alicyclic amines) is 1.